The van der Waals surface area contributed by atoms with Gasteiger partial charge in [-0.3, -0.25) is 9.59 Å². The molecule has 5 nitrogen and oxygen atoms in total. The molecule has 0 spiro atoms. The highest BCUT2D eigenvalue weighted by Gasteiger charge is 2.18. The highest BCUT2D eigenvalue weighted by Crippen LogP contribution is 2.24. The number of carbonyl (C=O) groups excluding carboxylic acids is 2. The second-order valence-corrected chi connectivity index (χ2v) is 6.39. The maximum atomic E-state index is 12.6. The van der Waals surface area contributed by atoms with Crippen LogP contribution in [0.3, 0.4) is 0 Å². The zero-order valence-corrected chi connectivity index (χ0v) is 14.0. The van der Waals surface area contributed by atoms with Gasteiger partial charge in [-0.2, -0.15) is 0 Å². The summed E-state index contributed by atoms with van der Waals surface area (Å²) in [5, 5.41) is 4.29. The fourth-order valence-corrected chi connectivity index (χ4v) is 3.13. The van der Waals surface area contributed by atoms with Crippen LogP contribution in [-0.4, -0.2) is 29.8 Å². The van der Waals surface area contributed by atoms with Crippen LogP contribution < -0.4 is 10.1 Å². The number of halogens is 1. The maximum absolute atomic E-state index is 12.6. The van der Waals surface area contributed by atoms with Crippen molar-refractivity contribution < 1.29 is 14.3 Å². The predicted octanol–water partition coefficient (Wildman–Crippen LogP) is 3.37. The number of ketones is 1. The minimum atomic E-state index is -0.179. The molecule has 2 heterocycles. The van der Waals surface area contributed by atoms with Gasteiger partial charge in [0, 0.05) is 22.3 Å². The van der Waals surface area contributed by atoms with Gasteiger partial charge >= 0.3 is 0 Å². The van der Waals surface area contributed by atoms with Crippen LogP contribution in [0.2, 0.25) is 5.02 Å². The van der Waals surface area contributed by atoms with E-state index in [1.807, 2.05) is 18.2 Å². The number of nitrogens with one attached hydrogen (secondary N) is 2. The van der Waals surface area contributed by atoms with Gasteiger partial charge in [-0.05, 0) is 42.0 Å². The molecular weight excluding hydrogens is 340 g/mol. The molecule has 1 aromatic heterocycles. The van der Waals surface area contributed by atoms with E-state index in [1.54, 1.807) is 24.3 Å². The molecule has 3 aromatic rings. The van der Waals surface area contributed by atoms with Crippen molar-refractivity contribution in [2.45, 2.75) is 6.42 Å². The summed E-state index contributed by atoms with van der Waals surface area (Å²) in [7, 11) is 0. The molecule has 0 unspecified atom stereocenters. The second-order valence-electron chi connectivity index (χ2n) is 5.95. The molecule has 4 rings (SSSR count). The van der Waals surface area contributed by atoms with Crippen molar-refractivity contribution in [1.29, 1.82) is 0 Å². The van der Waals surface area contributed by atoms with Crippen LogP contribution >= 0.6 is 11.6 Å². The van der Waals surface area contributed by atoms with E-state index in [9.17, 15) is 9.59 Å². The van der Waals surface area contributed by atoms with Gasteiger partial charge in [0.05, 0.1) is 17.8 Å². The Morgan fingerprint density at radius 3 is 2.92 bits per heavy atom. The molecule has 0 fully saturated rings. The maximum Gasteiger partial charge on any atom is 0.255 e. The number of carbonyl (C=O) groups is 2. The third-order valence-corrected chi connectivity index (χ3v) is 4.42. The minimum absolute atomic E-state index is 0.0535. The SMILES string of the molecule is O=C(Cc1ccc2c(c1)C(=O)NCCO2)c1cc2cc(Cl)ccc2[nH]1. The molecule has 0 aliphatic carbocycles. The number of rotatable bonds is 3. The first-order valence-electron chi connectivity index (χ1n) is 7.95. The largest absolute Gasteiger partial charge is 0.491 e. The first-order chi connectivity index (χ1) is 12.1. The summed E-state index contributed by atoms with van der Waals surface area (Å²) >= 11 is 5.98. The monoisotopic (exact) mass is 354 g/mol. The number of amides is 1. The van der Waals surface area contributed by atoms with Crippen molar-refractivity contribution in [3.8, 4) is 5.75 Å². The number of H-pyrrole nitrogens is 1. The summed E-state index contributed by atoms with van der Waals surface area (Å²) in [4.78, 5) is 27.8. The second kappa shape index (κ2) is 6.26. The lowest BCUT2D eigenvalue weighted by Crippen LogP contribution is -2.24. The standard InChI is InChI=1S/C19H15ClN2O3/c20-13-2-3-15-12(9-13)10-16(22-15)17(23)8-11-1-4-18-14(7-11)19(24)21-5-6-25-18/h1-4,7,9-10,22H,5-6,8H2,(H,21,24). The number of aromatic amines is 1. The van der Waals surface area contributed by atoms with Gasteiger partial charge in [0.15, 0.2) is 5.78 Å². The molecule has 0 saturated carbocycles. The van der Waals surface area contributed by atoms with Gasteiger partial charge in [-0.1, -0.05) is 17.7 Å². The summed E-state index contributed by atoms with van der Waals surface area (Å²) < 4.78 is 5.53. The van der Waals surface area contributed by atoms with Gasteiger partial charge in [-0.15, -0.1) is 0 Å². The number of benzene rings is 2. The Hall–Kier alpha value is -2.79. The molecule has 1 aliphatic rings. The molecule has 2 aromatic carbocycles. The van der Waals surface area contributed by atoms with Crippen LogP contribution in [0.15, 0.2) is 42.5 Å². The third kappa shape index (κ3) is 3.10. The van der Waals surface area contributed by atoms with E-state index in [-0.39, 0.29) is 18.1 Å². The molecule has 25 heavy (non-hydrogen) atoms. The van der Waals surface area contributed by atoms with Crippen LogP contribution in [0, 0.1) is 0 Å². The lowest BCUT2D eigenvalue weighted by atomic mass is 10.0. The summed E-state index contributed by atoms with van der Waals surface area (Å²) in [6, 6.07) is 12.5. The van der Waals surface area contributed by atoms with Crippen molar-refractivity contribution in [2.24, 2.45) is 0 Å². The molecule has 6 heteroatoms. The van der Waals surface area contributed by atoms with Gasteiger partial charge in [0.2, 0.25) is 0 Å². The number of Topliss-reactive ketones (excluding diaryl/α,β-unsaturated/α-hetero) is 1. The Morgan fingerprint density at radius 2 is 2.04 bits per heavy atom. The van der Waals surface area contributed by atoms with E-state index in [2.05, 4.69) is 10.3 Å². The van der Waals surface area contributed by atoms with Crippen LogP contribution in [0.5, 0.6) is 5.75 Å². The average Bonchev–Trinajstić information content (AvgIpc) is 2.93. The zero-order valence-electron chi connectivity index (χ0n) is 13.3. The van der Waals surface area contributed by atoms with E-state index >= 15 is 0 Å². The van der Waals surface area contributed by atoms with Crippen LogP contribution in [0.1, 0.15) is 26.4 Å². The Balaban J connectivity index is 1.60. The topological polar surface area (TPSA) is 71.2 Å². The Kier molecular flexibility index (Phi) is 3.93. The molecule has 0 bridgehead atoms. The van der Waals surface area contributed by atoms with E-state index < -0.39 is 0 Å². The minimum Gasteiger partial charge on any atom is -0.491 e. The van der Waals surface area contributed by atoms with Crippen LogP contribution in [-0.2, 0) is 6.42 Å². The average molecular weight is 355 g/mol. The summed E-state index contributed by atoms with van der Waals surface area (Å²) in [5.74, 6) is 0.315. The highest BCUT2D eigenvalue weighted by molar-refractivity contribution is 6.31. The van der Waals surface area contributed by atoms with E-state index in [1.165, 1.54) is 0 Å². The molecular formula is C19H15ClN2O3. The Morgan fingerprint density at radius 1 is 1.16 bits per heavy atom. The van der Waals surface area contributed by atoms with Gasteiger partial charge in [0.25, 0.3) is 5.91 Å². The third-order valence-electron chi connectivity index (χ3n) is 4.18. The number of ether oxygens (including phenoxy) is 1. The van der Waals surface area contributed by atoms with E-state index in [0.29, 0.717) is 35.2 Å². The van der Waals surface area contributed by atoms with Crippen molar-refractivity contribution in [1.82, 2.24) is 10.3 Å². The Labute approximate surface area is 148 Å². The molecule has 1 aliphatic heterocycles. The summed E-state index contributed by atoms with van der Waals surface area (Å²) in [6.45, 7) is 0.911. The van der Waals surface area contributed by atoms with Crippen molar-refractivity contribution in [2.75, 3.05) is 13.2 Å². The lowest BCUT2D eigenvalue weighted by Gasteiger charge is -2.07. The van der Waals surface area contributed by atoms with Crippen molar-refractivity contribution in [3.05, 3.63) is 64.3 Å². The van der Waals surface area contributed by atoms with E-state index in [0.717, 1.165) is 16.5 Å². The normalized spacial score (nSPS) is 13.7. The first-order valence-corrected chi connectivity index (χ1v) is 8.33. The molecule has 1 amide bonds. The number of hydrogen-bond donors (Lipinski definition) is 2. The van der Waals surface area contributed by atoms with Gasteiger partial charge in [-0.25, -0.2) is 0 Å². The quantitative estimate of drug-likeness (QED) is 0.708. The summed E-state index contributed by atoms with van der Waals surface area (Å²) in [6.07, 6.45) is 0.196. The van der Waals surface area contributed by atoms with Crippen LogP contribution in [0.25, 0.3) is 10.9 Å². The lowest BCUT2D eigenvalue weighted by molar-refractivity contribution is 0.0953. The van der Waals surface area contributed by atoms with E-state index in [4.69, 9.17) is 16.3 Å². The predicted molar refractivity (Wildman–Crippen MR) is 95.6 cm³/mol. The fraction of sp³-hybridized carbons (Fsp3) is 0.158. The van der Waals surface area contributed by atoms with Crippen molar-refractivity contribution >= 4 is 34.2 Å². The first kappa shape index (κ1) is 15.7. The van der Waals surface area contributed by atoms with Crippen molar-refractivity contribution in [3.63, 3.8) is 0 Å². The Bertz CT molecular complexity index is 993. The fourth-order valence-electron chi connectivity index (χ4n) is 2.95. The van der Waals surface area contributed by atoms with Gasteiger partial charge in [0.1, 0.15) is 12.4 Å². The molecule has 0 radical (unpaired) electrons. The highest BCUT2D eigenvalue weighted by atomic mass is 35.5. The smallest absolute Gasteiger partial charge is 0.255 e. The molecule has 2 N–H and O–H groups in total. The molecule has 0 atom stereocenters. The number of aromatic nitrogens is 1. The number of hydrogen-bond acceptors (Lipinski definition) is 3. The van der Waals surface area contributed by atoms with Crippen LogP contribution in [0.4, 0.5) is 0 Å². The van der Waals surface area contributed by atoms with Gasteiger partial charge < -0.3 is 15.0 Å². The molecule has 0 saturated heterocycles. The number of fused-ring (bicyclic) bond motifs is 2. The zero-order chi connectivity index (χ0) is 17.4. The molecule has 126 valence electrons. The summed E-state index contributed by atoms with van der Waals surface area (Å²) in [5.41, 5.74) is 2.61.